The van der Waals surface area contributed by atoms with Crippen LogP contribution in [0.2, 0.25) is 0 Å². The number of furan rings is 1. The van der Waals surface area contributed by atoms with E-state index in [9.17, 15) is 4.79 Å². The fourth-order valence-electron chi connectivity index (χ4n) is 4.61. The quantitative estimate of drug-likeness (QED) is 0.650. The number of fused-ring (bicyclic) bond motifs is 1. The van der Waals surface area contributed by atoms with Crippen molar-refractivity contribution in [3.8, 4) is 0 Å². The third kappa shape index (κ3) is 4.35. The minimum Gasteiger partial charge on any atom is -0.464 e. The summed E-state index contributed by atoms with van der Waals surface area (Å²) in [5.74, 6) is 0.223. The van der Waals surface area contributed by atoms with Gasteiger partial charge in [-0.1, -0.05) is 24.3 Å². The lowest BCUT2D eigenvalue weighted by atomic mass is 9.98. The van der Waals surface area contributed by atoms with E-state index >= 15 is 0 Å². The number of hydrogen-bond donors (Lipinski definition) is 0. The van der Waals surface area contributed by atoms with E-state index in [4.69, 9.17) is 4.42 Å². The third-order valence-electron chi connectivity index (χ3n) is 6.35. The van der Waals surface area contributed by atoms with Gasteiger partial charge in [-0.15, -0.1) is 0 Å². The van der Waals surface area contributed by atoms with Crippen LogP contribution in [0.15, 0.2) is 65.5 Å². The van der Waals surface area contributed by atoms with Gasteiger partial charge in [0.2, 0.25) is 5.91 Å². The Morgan fingerprint density at radius 1 is 1.03 bits per heavy atom. The highest BCUT2D eigenvalue weighted by molar-refractivity contribution is 5.90. The summed E-state index contributed by atoms with van der Waals surface area (Å²) < 4.78 is 5.69. The van der Waals surface area contributed by atoms with Crippen LogP contribution in [0.1, 0.15) is 18.4 Å². The Labute approximate surface area is 182 Å². The fraction of sp³-hybridized carbons (Fsp3) is 0.360. The predicted molar refractivity (Wildman–Crippen MR) is 123 cm³/mol. The molecule has 1 aromatic carbocycles. The fourth-order valence-corrected chi connectivity index (χ4v) is 4.61. The molecule has 2 aromatic heterocycles. The molecule has 3 aromatic rings. The summed E-state index contributed by atoms with van der Waals surface area (Å²) in [4.78, 5) is 23.8. The lowest BCUT2D eigenvalue weighted by Crippen LogP contribution is -2.43. The van der Waals surface area contributed by atoms with Crippen molar-refractivity contribution in [2.45, 2.75) is 12.8 Å². The monoisotopic (exact) mass is 416 g/mol. The molecule has 0 spiro atoms. The van der Waals surface area contributed by atoms with Gasteiger partial charge < -0.3 is 14.2 Å². The van der Waals surface area contributed by atoms with E-state index in [0.717, 1.165) is 67.8 Å². The lowest BCUT2D eigenvalue weighted by Gasteiger charge is -2.29. The molecule has 6 nitrogen and oxygen atoms in total. The molecule has 2 aliphatic rings. The number of pyridine rings is 1. The summed E-state index contributed by atoms with van der Waals surface area (Å²) >= 11 is 0. The van der Waals surface area contributed by atoms with Crippen LogP contribution >= 0.6 is 0 Å². The molecule has 1 amide bonds. The summed E-state index contributed by atoms with van der Waals surface area (Å²) in [5, 5.41) is 1.12. The van der Waals surface area contributed by atoms with Gasteiger partial charge in [-0.2, -0.15) is 0 Å². The predicted octanol–water partition coefficient (Wildman–Crippen LogP) is 3.66. The number of para-hydroxylation sites is 1. The van der Waals surface area contributed by atoms with Crippen molar-refractivity contribution in [1.82, 2.24) is 14.8 Å². The van der Waals surface area contributed by atoms with Crippen molar-refractivity contribution in [3.05, 3.63) is 66.7 Å². The number of carbonyl (C=O) groups excluding carboxylic acids is 1. The molecule has 0 bridgehead atoms. The van der Waals surface area contributed by atoms with Gasteiger partial charge in [0.25, 0.3) is 0 Å². The van der Waals surface area contributed by atoms with Gasteiger partial charge in [-0.25, -0.2) is 0 Å². The molecule has 5 rings (SSSR count). The summed E-state index contributed by atoms with van der Waals surface area (Å²) in [5.41, 5.74) is 4.52. The average Bonchev–Trinajstić information content (AvgIpc) is 3.19. The van der Waals surface area contributed by atoms with Gasteiger partial charge in [0.05, 0.1) is 24.7 Å². The zero-order valence-electron chi connectivity index (χ0n) is 17.7. The number of benzene rings is 1. The number of amides is 1. The molecule has 0 unspecified atom stereocenters. The molecule has 0 saturated carbocycles. The van der Waals surface area contributed by atoms with Crippen LogP contribution in [0.3, 0.4) is 0 Å². The lowest BCUT2D eigenvalue weighted by molar-refractivity contribution is -0.131. The smallest absolute Gasteiger partial charge is 0.237 e. The van der Waals surface area contributed by atoms with Crippen molar-refractivity contribution < 1.29 is 9.21 Å². The molecule has 4 heterocycles. The molecule has 1 fully saturated rings. The number of rotatable bonds is 4. The van der Waals surface area contributed by atoms with Crippen molar-refractivity contribution in [2.75, 3.05) is 50.7 Å². The van der Waals surface area contributed by atoms with Gasteiger partial charge in [0, 0.05) is 56.4 Å². The number of carbonyl (C=O) groups is 1. The first kappa shape index (κ1) is 19.8. The average molecular weight is 417 g/mol. The maximum absolute atomic E-state index is 13.0. The van der Waals surface area contributed by atoms with E-state index in [0.29, 0.717) is 13.1 Å². The first-order valence-electron chi connectivity index (χ1n) is 11.1. The highest BCUT2D eigenvalue weighted by Gasteiger charge is 2.23. The Bertz CT molecular complexity index is 1080. The molecular weight excluding hydrogens is 388 g/mol. The second-order valence-corrected chi connectivity index (χ2v) is 8.29. The Morgan fingerprint density at radius 2 is 2.00 bits per heavy atom. The SMILES string of the molecule is O=C(CN1CCCN(c2cccnc2)CC1)N1CC=C(c2cccc3ccoc23)CC1. The minimum atomic E-state index is 0.223. The normalized spacial score (nSPS) is 18.1. The first-order valence-corrected chi connectivity index (χ1v) is 11.1. The van der Waals surface area contributed by atoms with Crippen LogP contribution in [-0.2, 0) is 4.79 Å². The number of nitrogens with zero attached hydrogens (tertiary/aromatic N) is 4. The highest BCUT2D eigenvalue weighted by Crippen LogP contribution is 2.30. The van der Waals surface area contributed by atoms with E-state index in [1.165, 1.54) is 5.57 Å². The number of anilines is 1. The van der Waals surface area contributed by atoms with Crippen LogP contribution < -0.4 is 4.90 Å². The molecule has 6 heteroatoms. The Kier molecular flexibility index (Phi) is 5.71. The second kappa shape index (κ2) is 8.94. The summed E-state index contributed by atoms with van der Waals surface area (Å²) in [6.07, 6.45) is 9.57. The maximum atomic E-state index is 13.0. The van der Waals surface area contributed by atoms with Gasteiger partial charge in [-0.3, -0.25) is 14.7 Å². The van der Waals surface area contributed by atoms with Crippen LogP contribution in [0.4, 0.5) is 5.69 Å². The molecule has 0 N–H and O–H groups in total. The number of hydrogen-bond acceptors (Lipinski definition) is 5. The summed E-state index contributed by atoms with van der Waals surface area (Å²) in [6, 6.07) is 12.3. The Hall–Kier alpha value is -3.12. The van der Waals surface area contributed by atoms with Crippen molar-refractivity contribution in [1.29, 1.82) is 0 Å². The van der Waals surface area contributed by atoms with Crippen LogP contribution in [0.25, 0.3) is 16.5 Å². The van der Waals surface area contributed by atoms with E-state index < -0.39 is 0 Å². The zero-order valence-corrected chi connectivity index (χ0v) is 17.7. The van der Waals surface area contributed by atoms with Crippen molar-refractivity contribution in [3.63, 3.8) is 0 Å². The summed E-state index contributed by atoms with van der Waals surface area (Å²) in [6.45, 7) is 5.71. The van der Waals surface area contributed by atoms with E-state index in [1.807, 2.05) is 23.2 Å². The standard InChI is InChI=1S/C25H28N4O2/c30-24(19-27-11-3-12-28(16-15-27)22-5-2-10-26-18-22)29-13-7-20(8-14-29)23-6-1-4-21-9-17-31-25(21)23/h1-2,4-7,9-10,17-18H,3,8,11-16,19H2. The topological polar surface area (TPSA) is 52.8 Å². The molecule has 160 valence electrons. The van der Waals surface area contributed by atoms with Crippen molar-refractivity contribution in [2.24, 2.45) is 0 Å². The molecule has 2 aliphatic heterocycles. The van der Waals surface area contributed by atoms with Gasteiger partial charge in [0.1, 0.15) is 5.58 Å². The maximum Gasteiger partial charge on any atom is 0.237 e. The molecule has 0 radical (unpaired) electrons. The van der Waals surface area contributed by atoms with Crippen LogP contribution in [-0.4, -0.2) is 66.5 Å². The Balaban J connectivity index is 1.18. The van der Waals surface area contributed by atoms with Gasteiger partial charge in [0.15, 0.2) is 0 Å². The third-order valence-corrected chi connectivity index (χ3v) is 6.35. The van der Waals surface area contributed by atoms with Crippen LogP contribution in [0, 0.1) is 0 Å². The first-order chi connectivity index (χ1) is 15.3. The molecular formula is C25H28N4O2. The molecule has 31 heavy (non-hydrogen) atoms. The number of aromatic nitrogens is 1. The van der Waals surface area contributed by atoms with E-state index in [1.54, 1.807) is 12.5 Å². The van der Waals surface area contributed by atoms with Crippen LogP contribution in [0.5, 0.6) is 0 Å². The minimum absolute atomic E-state index is 0.223. The molecule has 0 atom stereocenters. The second-order valence-electron chi connectivity index (χ2n) is 8.29. The van der Waals surface area contributed by atoms with Crippen molar-refractivity contribution >= 4 is 28.1 Å². The summed E-state index contributed by atoms with van der Waals surface area (Å²) in [7, 11) is 0. The van der Waals surface area contributed by atoms with Gasteiger partial charge >= 0.3 is 0 Å². The van der Waals surface area contributed by atoms with E-state index in [2.05, 4.69) is 45.1 Å². The molecule has 1 saturated heterocycles. The zero-order chi connectivity index (χ0) is 21.0. The largest absolute Gasteiger partial charge is 0.464 e. The molecule has 0 aliphatic carbocycles. The van der Waals surface area contributed by atoms with E-state index in [-0.39, 0.29) is 5.91 Å². The van der Waals surface area contributed by atoms with Gasteiger partial charge in [-0.05, 0) is 36.6 Å². The Morgan fingerprint density at radius 3 is 2.84 bits per heavy atom. The highest BCUT2D eigenvalue weighted by atomic mass is 16.3.